The molecule has 6 heteroatoms. The molecule has 0 N–H and O–H groups in total. The van der Waals surface area contributed by atoms with Gasteiger partial charge in [-0.3, -0.25) is 9.59 Å². The van der Waals surface area contributed by atoms with Gasteiger partial charge in [0.1, 0.15) is 6.54 Å². The molecule has 0 spiro atoms. The van der Waals surface area contributed by atoms with Gasteiger partial charge in [0, 0.05) is 28.0 Å². The standard InChI is InChI=1S/C29H31ClN2O2S/c1-20-8-5-6-13-24(20)28-25-15-17-35-26(25)14-16-31(28)27(33)19-32(23-11-3-2-4-12-23)29(34)21-9-7-10-22(30)18-21/h5-10,13,15,17-18,23,28H,2-4,11-12,14,16,19H2,1H3. The molecule has 35 heavy (non-hydrogen) atoms. The van der Waals surface area contributed by atoms with Crippen LogP contribution in [0.4, 0.5) is 0 Å². The minimum atomic E-state index is -0.117. The molecule has 5 rings (SSSR count). The van der Waals surface area contributed by atoms with Crippen molar-refractivity contribution in [3.8, 4) is 0 Å². The number of hydrogen-bond donors (Lipinski definition) is 0. The lowest BCUT2D eigenvalue weighted by Crippen LogP contribution is -2.50. The fourth-order valence-corrected chi connectivity index (χ4v) is 6.69. The second-order valence-electron chi connectivity index (χ2n) is 9.63. The molecule has 0 saturated heterocycles. The van der Waals surface area contributed by atoms with Crippen LogP contribution in [0.25, 0.3) is 0 Å². The molecule has 1 saturated carbocycles. The summed E-state index contributed by atoms with van der Waals surface area (Å²) in [6, 6.07) is 17.5. The van der Waals surface area contributed by atoms with Crippen LogP contribution in [-0.4, -0.2) is 40.7 Å². The zero-order valence-electron chi connectivity index (χ0n) is 20.1. The summed E-state index contributed by atoms with van der Waals surface area (Å²) in [5.41, 5.74) is 4.10. The van der Waals surface area contributed by atoms with E-state index in [-0.39, 0.29) is 30.4 Å². The Morgan fingerprint density at radius 3 is 2.60 bits per heavy atom. The highest BCUT2D eigenvalue weighted by Crippen LogP contribution is 2.39. The lowest BCUT2D eigenvalue weighted by molar-refractivity contribution is -0.134. The Bertz CT molecular complexity index is 1220. The summed E-state index contributed by atoms with van der Waals surface area (Å²) in [4.78, 5) is 32.8. The number of halogens is 1. The molecule has 1 atom stereocenters. The monoisotopic (exact) mass is 506 g/mol. The van der Waals surface area contributed by atoms with Crippen molar-refractivity contribution < 1.29 is 9.59 Å². The molecule has 2 aliphatic rings. The van der Waals surface area contributed by atoms with Gasteiger partial charge in [-0.15, -0.1) is 11.3 Å². The summed E-state index contributed by atoms with van der Waals surface area (Å²) < 4.78 is 0. The Hall–Kier alpha value is -2.63. The highest BCUT2D eigenvalue weighted by Gasteiger charge is 2.36. The number of hydrogen-bond acceptors (Lipinski definition) is 3. The third-order valence-corrected chi connectivity index (χ3v) is 8.65. The van der Waals surface area contributed by atoms with E-state index in [1.807, 2.05) is 21.9 Å². The van der Waals surface area contributed by atoms with Crippen LogP contribution in [0.2, 0.25) is 5.02 Å². The molecule has 0 bridgehead atoms. The SMILES string of the molecule is Cc1ccccc1C1c2ccsc2CCN1C(=O)CN(C(=O)c1cccc(Cl)c1)C1CCCCC1. The van der Waals surface area contributed by atoms with Gasteiger partial charge in [0.2, 0.25) is 5.91 Å². The van der Waals surface area contributed by atoms with E-state index in [4.69, 9.17) is 11.6 Å². The number of aryl methyl sites for hydroxylation is 1. The third kappa shape index (κ3) is 5.03. The van der Waals surface area contributed by atoms with E-state index >= 15 is 0 Å². The van der Waals surface area contributed by atoms with Crippen LogP contribution in [0.1, 0.15) is 70.1 Å². The molecule has 2 aromatic carbocycles. The average Bonchev–Trinajstić information content (AvgIpc) is 3.36. The zero-order valence-corrected chi connectivity index (χ0v) is 21.7. The Morgan fingerprint density at radius 1 is 1.03 bits per heavy atom. The van der Waals surface area contributed by atoms with Crippen molar-refractivity contribution >= 4 is 34.8 Å². The van der Waals surface area contributed by atoms with Gasteiger partial charge in [-0.2, -0.15) is 0 Å². The maximum atomic E-state index is 14.0. The van der Waals surface area contributed by atoms with E-state index in [1.54, 1.807) is 35.6 Å². The van der Waals surface area contributed by atoms with E-state index in [1.165, 1.54) is 22.4 Å². The summed E-state index contributed by atoms with van der Waals surface area (Å²) >= 11 is 7.97. The van der Waals surface area contributed by atoms with Crippen molar-refractivity contribution in [2.45, 2.75) is 57.5 Å². The summed E-state index contributed by atoms with van der Waals surface area (Å²) in [6.45, 7) is 2.86. The summed E-state index contributed by atoms with van der Waals surface area (Å²) in [7, 11) is 0. The van der Waals surface area contributed by atoms with Gasteiger partial charge in [-0.25, -0.2) is 0 Å². The van der Waals surface area contributed by atoms with Crippen LogP contribution in [-0.2, 0) is 11.2 Å². The van der Waals surface area contributed by atoms with Gasteiger partial charge in [-0.05, 0) is 72.5 Å². The van der Waals surface area contributed by atoms with E-state index in [0.717, 1.165) is 37.7 Å². The molecule has 1 unspecified atom stereocenters. The van der Waals surface area contributed by atoms with Gasteiger partial charge in [0.25, 0.3) is 5.91 Å². The van der Waals surface area contributed by atoms with Gasteiger partial charge in [-0.1, -0.05) is 61.2 Å². The number of rotatable bonds is 5. The van der Waals surface area contributed by atoms with Crippen molar-refractivity contribution in [2.75, 3.05) is 13.1 Å². The first-order valence-electron chi connectivity index (χ1n) is 12.5. The molecule has 182 valence electrons. The Morgan fingerprint density at radius 2 is 1.83 bits per heavy atom. The number of carbonyl (C=O) groups excluding carboxylic acids is 2. The molecule has 2 amide bonds. The molecule has 1 aliphatic heterocycles. The molecule has 3 aromatic rings. The van der Waals surface area contributed by atoms with E-state index in [2.05, 4.69) is 30.5 Å². The molecule has 1 aromatic heterocycles. The van der Waals surface area contributed by atoms with Gasteiger partial charge < -0.3 is 9.80 Å². The quantitative estimate of drug-likeness (QED) is 0.388. The van der Waals surface area contributed by atoms with Crippen LogP contribution in [0.5, 0.6) is 0 Å². The summed E-state index contributed by atoms with van der Waals surface area (Å²) in [6.07, 6.45) is 6.10. The zero-order chi connectivity index (χ0) is 24.4. The minimum Gasteiger partial charge on any atom is -0.330 e. The molecular formula is C29H31ClN2O2S. The highest BCUT2D eigenvalue weighted by molar-refractivity contribution is 7.10. The van der Waals surface area contributed by atoms with E-state index < -0.39 is 0 Å². The fourth-order valence-electron chi connectivity index (χ4n) is 5.60. The second-order valence-corrected chi connectivity index (χ2v) is 11.1. The molecule has 0 radical (unpaired) electrons. The molecular weight excluding hydrogens is 476 g/mol. The van der Waals surface area contributed by atoms with Crippen LogP contribution in [0.3, 0.4) is 0 Å². The number of thiophene rings is 1. The van der Waals surface area contributed by atoms with Crippen molar-refractivity contribution in [1.82, 2.24) is 9.80 Å². The molecule has 2 heterocycles. The van der Waals surface area contributed by atoms with Crippen LogP contribution >= 0.6 is 22.9 Å². The first kappa shape index (κ1) is 24.1. The number of amides is 2. The Kier molecular flexibility index (Phi) is 7.26. The lowest BCUT2D eigenvalue weighted by atomic mass is 9.90. The van der Waals surface area contributed by atoms with Crippen LogP contribution < -0.4 is 0 Å². The maximum Gasteiger partial charge on any atom is 0.254 e. The maximum absolute atomic E-state index is 14.0. The van der Waals surface area contributed by atoms with Crippen molar-refractivity contribution in [1.29, 1.82) is 0 Å². The van der Waals surface area contributed by atoms with Gasteiger partial charge >= 0.3 is 0 Å². The van der Waals surface area contributed by atoms with Crippen LogP contribution in [0.15, 0.2) is 60.0 Å². The summed E-state index contributed by atoms with van der Waals surface area (Å²) in [5.74, 6) is -0.0931. The number of fused-ring (bicyclic) bond motifs is 1. The van der Waals surface area contributed by atoms with Gasteiger partial charge in [0.15, 0.2) is 0 Å². The minimum absolute atomic E-state index is 0.0102. The lowest BCUT2D eigenvalue weighted by Gasteiger charge is -2.40. The first-order valence-corrected chi connectivity index (χ1v) is 13.8. The largest absolute Gasteiger partial charge is 0.330 e. The molecule has 1 fully saturated rings. The van der Waals surface area contributed by atoms with Crippen molar-refractivity contribution in [2.24, 2.45) is 0 Å². The molecule has 4 nitrogen and oxygen atoms in total. The fraction of sp³-hybridized carbons (Fsp3) is 0.379. The Labute approximate surface area is 216 Å². The average molecular weight is 507 g/mol. The van der Waals surface area contributed by atoms with Crippen molar-refractivity contribution in [3.63, 3.8) is 0 Å². The van der Waals surface area contributed by atoms with Gasteiger partial charge in [0.05, 0.1) is 6.04 Å². The Balaban J connectivity index is 1.46. The highest BCUT2D eigenvalue weighted by atomic mass is 35.5. The second kappa shape index (κ2) is 10.5. The third-order valence-electron chi connectivity index (χ3n) is 7.42. The predicted molar refractivity (Wildman–Crippen MR) is 142 cm³/mol. The van der Waals surface area contributed by atoms with Crippen molar-refractivity contribution in [3.05, 3.63) is 92.1 Å². The number of nitrogens with zero attached hydrogens (tertiary/aromatic N) is 2. The predicted octanol–water partition coefficient (Wildman–Crippen LogP) is 6.66. The van der Waals surface area contributed by atoms with E-state index in [0.29, 0.717) is 17.1 Å². The van der Waals surface area contributed by atoms with Crippen LogP contribution in [0, 0.1) is 6.92 Å². The first-order chi connectivity index (χ1) is 17.0. The topological polar surface area (TPSA) is 40.6 Å². The smallest absolute Gasteiger partial charge is 0.254 e. The number of carbonyl (C=O) groups is 2. The van der Waals surface area contributed by atoms with E-state index in [9.17, 15) is 9.59 Å². The number of benzene rings is 2. The normalized spacial score (nSPS) is 18.2. The summed E-state index contributed by atoms with van der Waals surface area (Å²) in [5, 5.41) is 2.66. The molecule has 1 aliphatic carbocycles.